The maximum atomic E-state index is 13.5. The lowest BCUT2D eigenvalue weighted by molar-refractivity contribution is -0.130. The molecule has 3 aromatic rings. The SMILES string of the molecule is CC(=O)c1ccc(-c2ccc(C[C@H](NC(=O)C3CCC(CN)CC3)C(=O)Nc3ccc(/C(N)=N/NN)cc3)cc2)c(C)n1. The molecule has 0 saturated heterocycles. The van der Waals surface area contributed by atoms with Gasteiger partial charge >= 0.3 is 0 Å². The zero-order chi connectivity index (χ0) is 30.9. The van der Waals surface area contributed by atoms with E-state index in [9.17, 15) is 14.4 Å². The number of amides is 2. The molecule has 0 unspecified atom stereocenters. The van der Waals surface area contributed by atoms with Crippen molar-refractivity contribution in [1.82, 2.24) is 15.8 Å². The molecule has 1 heterocycles. The lowest BCUT2D eigenvalue weighted by atomic mass is 9.81. The zero-order valence-electron chi connectivity index (χ0n) is 24.6. The van der Waals surface area contributed by atoms with Crippen molar-refractivity contribution in [2.24, 2.45) is 34.2 Å². The molecular formula is C32H40N8O3. The molecule has 1 aliphatic carbocycles. The number of nitrogens with one attached hydrogen (secondary N) is 3. The molecule has 9 N–H and O–H groups in total. The first-order valence-corrected chi connectivity index (χ1v) is 14.5. The van der Waals surface area contributed by atoms with E-state index in [1.807, 2.05) is 37.3 Å². The number of aromatic nitrogens is 1. The number of hydrazone groups is 1. The largest absolute Gasteiger partial charge is 0.382 e. The molecular weight excluding hydrogens is 544 g/mol. The third-order valence-electron chi connectivity index (χ3n) is 7.97. The Balaban J connectivity index is 1.51. The van der Waals surface area contributed by atoms with Crippen LogP contribution in [0.25, 0.3) is 11.1 Å². The van der Waals surface area contributed by atoms with Crippen LogP contribution in [0.2, 0.25) is 0 Å². The lowest BCUT2D eigenvalue weighted by Crippen LogP contribution is -2.48. The van der Waals surface area contributed by atoms with E-state index in [1.165, 1.54) is 6.92 Å². The van der Waals surface area contributed by atoms with Crippen molar-refractivity contribution in [3.63, 3.8) is 0 Å². The normalized spacial score (nSPS) is 17.5. The number of ketones is 1. The summed E-state index contributed by atoms with van der Waals surface area (Å²) in [5, 5.41) is 9.69. The summed E-state index contributed by atoms with van der Waals surface area (Å²) in [7, 11) is 0. The first-order chi connectivity index (χ1) is 20.7. The number of hydrogen-bond donors (Lipinski definition) is 6. The quantitative estimate of drug-likeness (QED) is 0.0651. The highest BCUT2D eigenvalue weighted by Crippen LogP contribution is 2.29. The minimum Gasteiger partial charge on any atom is -0.382 e. The smallest absolute Gasteiger partial charge is 0.247 e. The summed E-state index contributed by atoms with van der Waals surface area (Å²) in [5.41, 5.74) is 19.0. The van der Waals surface area contributed by atoms with Crippen LogP contribution < -0.4 is 33.5 Å². The van der Waals surface area contributed by atoms with Gasteiger partial charge in [-0.05, 0) is 86.5 Å². The lowest BCUT2D eigenvalue weighted by Gasteiger charge is -2.28. The molecule has 2 amide bonds. The Hall–Kier alpha value is -4.61. The number of Topliss-reactive ketones (excluding diaryl/α,β-unsaturated/α-hetero) is 1. The zero-order valence-corrected chi connectivity index (χ0v) is 24.6. The van der Waals surface area contributed by atoms with E-state index in [1.54, 1.807) is 30.3 Å². The van der Waals surface area contributed by atoms with Gasteiger partial charge in [-0.1, -0.05) is 30.3 Å². The van der Waals surface area contributed by atoms with E-state index in [2.05, 4.69) is 26.3 Å². The molecule has 1 aliphatic rings. The third kappa shape index (κ3) is 8.24. The molecule has 11 nitrogen and oxygen atoms in total. The molecule has 1 fully saturated rings. The predicted octanol–water partition coefficient (Wildman–Crippen LogP) is 2.77. The monoisotopic (exact) mass is 584 g/mol. The predicted molar refractivity (Wildman–Crippen MR) is 168 cm³/mol. The van der Waals surface area contributed by atoms with Crippen LogP contribution in [0.5, 0.6) is 0 Å². The molecule has 43 heavy (non-hydrogen) atoms. The van der Waals surface area contributed by atoms with Crippen LogP contribution in [0.3, 0.4) is 0 Å². The van der Waals surface area contributed by atoms with Gasteiger partial charge in [0.05, 0.1) is 0 Å². The first kappa shape index (κ1) is 31.3. The van der Waals surface area contributed by atoms with Crippen LogP contribution in [-0.2, 0) is 16.0 Å². The van der Waals surface area contributed by atoms with E-state index >= 15 is 0 Å². The van der Waals surface area contributed by atoms with Gasteiger partial charge in [0, 0.05) is 41.8 Å². The molecule has 1 aromatic heterocycles. The topological polar surface area (TPSA) is 191 Å². The van der Waals surface area contributed by atoms with E-state index in [0.29, 0.717) is 35.8 Å². The van der Waals surface area contributed by atoms with Gasteiger partial charge in [-0.3, -0.25) is 14.4 Å². The second-order valence-electron chi connectivity index (χ2n) is 11.0. The van der Waals surface area contributed by atoms with Crippen LogP contribution in [0.15, 0.2) is 65.8 Å². The van der Waals surface area contributed by atoms with Gasteiger partial charge in [0.2, 0.25) is 11.8 Å². The number of hydrogen-bond acceptors (Lipinski definition) is 8. The minimum absolute atomic E-state index is 0.0818. The molecule has 1 saturated carbocycles. The van der Waals surface area contributed by atoms with E-state index < -0.39 is 6.04 Å². The van der Waals surface area contributed by atoms with Gasteiger partial charge < -0.3 is 22.1 Å². The van der Waals surface area contributed by atoms with Gasteiger partial charge in [0.1, 0.15) is 11.7 Å². The van der Waals surface area contributed by atoms with Crippen molar-refractivity contribution in [3.8, 4) is 11.1 Å². The summed E-state index contributed by atoms with van der Waals surface area (Å²) in [4.78, 5) is 42.9. The number of amidine groups is 1. The van der Waals surface area contributed by atoms with Crippen LogP contribution in [0.4, 0.5) is 5.69 Å². The summed E-state index contributed by atoms with van der Waals surface area (Å²) in [5.74, 6) is 5.18. The van der Waals surface area contributed by atoms with E-state index in [0.717, 1.165) is 48.1 Å². The Morgan fingerprint density at radius 3 is 2.23 bits per heavy atom. The Kier molecular flexibility index (Phi) is 10.6. The number of carbonyl (C=O) groups is 3. The number of aryl methyl sites for hydroxylation is 1. The maximum absolute atomic E-state index is 13.5. The molecule has 226 valence electrons. The van der Waals surface area contributed by atoms with Gasteiger partial charge in [0.25, 0.3) is 0 Å². The minimum atomic E-state index is -0.795. The highest BCUT2D eigenvalue weighted by molar-refractivity contribution is 6.00. The maximum Gasteiger partial charge on any atom is 0.247 e. The van der Waals surface area contributed by atoms with Gasteiger partial charge in [-0.2, -0.15) is 0 Å². The average molecular weight is 585 g/mol. The van der Waals surface area contributed by atoms with Crippen LogP contribution in [-0.4, -0.2) is 41.0 Å². The van der Waals surface area contributed by atoms with Crippen LogP contribution >= 0.6 is 0 Å². The van der Waals surface area contributed by atoms with Crippen molar-refractivity contribution in [2.75, 3.05) is 11.9 Å². The van der Waals surface area contributed by atoms with Crippen molar-refractivity contribution in [2.45, 2.75) is 52.0 Å². The van der Waals surface area contributed by atoms with Gasteiger partial charge in [-0.25, -0.2) is 16.4 Å². The van der Waals surface area contributed by atoms with Crippen molar-refractivity contribution < 1.29 is 14.4 Å². The van der Waals surface area contributed by atoms with Crippen LogP contribution in [0.1, 0.15) is 59.9 Å². The number of nitrogens with two attached hydrogens (primary N) is 3. The summed E-state index contributed by atoms with van der Waals surface area (Å²) >= 11 is 0. The standard InChI is InChI=1S/C32H40N8O3/c1-19-27(15-16-28(36-19)20(2)41)23-7-3-21(4-8-23)17-29(38-31(42)25-9-5-22(18-33)6-10-25)32(43)37-26-13-11-24(12-14-26)30(34)39-40-35/h3-4,7-8,11-16,22,25,29,40H,5-6,9-10,17-18,33,35H2,1-2H3,(H2,34,39)(H,37,43)(H,38,42)/t22?,25?,29-/m0/s1. The third-order valence-corrected chi connectivity index (χ3v) is 7.97. The Labute approximate surface area is 251 Å². The molecule has 4 rings (SSSR count). The fraction of sp³-hybridized carbons (Fsp3) is 0.344. The fourth-order valence-electron chi connectivity index (χ4n) is 5.37. The molecule has 0 aliphatic heterocycles. The van der Waals surface area contributed by atoms with Crippen molar-refractivity contribution >= 4 is 29.1 Å². The van der Waals surface area contributed by atoms with E-state index in [-0.39, 0.29) is 29.4 Å². The number of pyridine rings is 1. The van der Waals surface area contributed by atoms with Gasteiger partial charge in [0.15, 0.2) is 11.6 Å². The number of nitrogens with zero attached hydrogens (tertiary/aromatic N) is 2. The summed E-state index contributed by atoms with van der Waals surface area (Å²) in [6.07, 6.45) is 3.64. The Morgan fingerprint density at radius 1 is 0.977 bits per heavy atom. The van der Waals surface area contributed by atoms with E-state index in [4.69, 9.17) is 17.3 Å². The highest BCUT2D eigenvalue weighted by Gasteiger charge is 2.29. The number of carbonyl (C=O) groups excluding carboxylic acids is 3. The molecule has 0 bridgehead atoms. The highest BCUT2D eigenvalue weighted by atomic mass is 16.2. The molecule has 1 atom stereocenters. The number of hydrazine groups is 1. The molecule has 0 radical (unpaired) electrons. The molecule has 0 spiro atoms. The average Bonchev–Trinajstić information content (AvgIpc) is 3.01. The number of anilines is 1. The first-order valence-electron chi connectivity index (χ1n) is 14.5. The second kappa shape index (κ2) is 14.5. The molecule has 11 heteroatoms. The van der Waals surface area contributed by atoms with Crippen molar-refractivity contribution in [1.29, 1.82) is 0 Å². The Bertz CT molecular complexity index is 1460. The van der Waals surface area contributed by atoms with Crippen LogP contribution in [0, 0.1) is 18.8 Å². The molecule has 2 aromatic carbocycles. The summed E-state index contributed by atoms with van der Waals surface area (Å²) in [6, 6.07) is 17.5. The number of benzene rings is 2. The van der Waals surface area contributed by atoms with Gasteiger partial charge in [-0.15, -0.1) is 5.10 Å². The number of rotatable bonds is 11. The second-order valence-corrected chi connectivity index (χ2v) is 11.0. The Morgan fingerprint density at radius 2 is 1.65 bits per heavy atom. The summed E-state index contributed by atoms with van der Waals surface area (Å²) in [6.45, 7) is 3.99. The van der Waals surface area contributed by atoms with Crippen molar-refractivity contribution in [3.05, 3.63) is 83.2 Å². The summed E-state index contributed by atoms with van der Waals surface area (Å²) < 4.78 is 0. The fourth-order valence-corrected chi connectivity index (χ4v) is 5.37.